The van der Waals surface area contributed by atoms with Crippen LogP contribution in [0.3, 0.4) is 0 Å². The Hall–Kier alpha value is -2.43. The van der Waals surface area contributed by atoms with E-state index in [0.717, 1.165) is 22.5 Å². The smallest absolute Gasteiger partial charge is 0.0914 e. The van der Waals surface area contributed by atoms with E-state index in [2.05, 4.69) is 10.4 Å². The number of aliphatic hydroxyl groups is 1. The van der Waals surface area contributed by atoms with Crippen LogP contribution in [0, 0.1) is 6.92 Å². The summed E-state index contributed by atoms with van der Waals surface area (Å²) in [6.07, 6.45) is 1.44. The number of aromatic nitrogens is 2. The van der Waals surface area contributed by atoms with Gasteiger partial charge in [-0.05, 0) is 30.7 Å². The van der Waals surface area contributed by atoms with Crippen LogP contribution in [0.4, 0.5) is 0 Å². The summed E-state index contributed by atoms with van der Waals surface area (Å²) >= 11 is 0. The van der Waals surface area contributed by atoms with Gasteiger partial charge in [0, 0.05) is 19.3 Å². The maximum Gasteiger partial charge on any atom is 0.0914 e. The quantitative estimate of drug-likeness (QED) is 0.736. The van der Waals surface area contributed by atoms with Gasteiger partial charge in [0.1, 0.15) is 0 Å². The molecule has 1 atom stereocenters. The molecule has 1 heterocycles. The lowest BCUT2D eigenvalue weighted by Crippen LogP contribution is -2.21. The van der Waals surface area contributed by atoms with Gasteiger partial charge >= 0.3 is 0 Å². The number of aliphatic hydroxyl groups excluding tert-OH is 1. The molecule has 1 aromatic heterocycles. The second kappa shape index (κ2) is 7.22. The van der Waals surface area contributed by atoms with Crippen molar-refractivity contribution in [2.24, 2.45) is 0 Å². The Balaban J connectivity index is 1.54. The van der Waals surface area contributed by atoms with Crippen LogP contribution in [0.2, 0.25) is 0 Å². The van der Waals surface area contributed by atoms with Crippen LogP contribution in [0.15, 0.2) is 66.9 Å². The number of nitrogens with one attached hydrogen (secondary N) is 1. The molecule has 23 heavy (non-hydrogen) atoms. The first-order chi connectivity index (χ1) is 11.2. The Morgan fingerprint density at radius 3 is 2.70 bits per heavy atom. The lowest BCUT2D eigenvalue weighted by atomic mass is 10.1. The number of nitrogens with zero attached hydrogens (tertiary/aromatic N) is 2. The number of benzene rings is 2. The van der Waals surface area contributed by atoms with E-state index in [1.807, 2.05) is 78.5 Å². The molecule has 0 fully saturated rings. The molecule has 0 saturated carbocycles. The Morgan fingerprint density at radius 1 is 1.09 bits per heavy atom. The van der Waals surface area contributed by atoms with Crippen molar-refractivity contribution < 1.29 is 5.11 Å². The average Bonchev–Trinajstić information content (AvgIpc) is 3.04. The summed E-state index contributed by atoms with van der Waals surface area (Å²) in [7, 11) is 0. The minimum Gasteiger partial charge on any atom is -0.387 e. The lowest BCUT2D eigenvalue weighted by molar-refractivity contribution is 0.174. The number of aryl methyl sites for hydroxylation is 1. The first-order valence-electron chi connectivity index (χ1n) is 7.78. The third-order valence-electron chi connectivity index (χ3n) is 3.74. The molecular formula is C19H21N3O. The summed E-state index contributed by atoms with van der Waals surface area (Å²) in [6, 6.07) is 20.0. The Kier molecular flexibility index (Phi) is 4.86. The van der Waals surface area contributed by atoms with Gasteiger partial charge in [0.25, 0.3) is 0 Å². The van der Waals surface area contributed by atoms with E-state index in [-0.39, 0.29) is 0 Å². The zero-order valence-electron chi connectivity index (χ0n) is 13.2. The molecule has 0 bridgehead atoms. The number of hydrogen-bond acceptors (Lipinski definition) is 3. The van der Waals surface area contributed by atoms with Gasteiger partial charge in [-0.3, -0.25) is 0 Å². The number of para-hydroxylation sites is 1. The predicted octanol–water partition coefficient (Wildman–Crippen LogP) is 3.00. The van der Waals surface area contributed by atoms with Crippen molar-refractivity contribution in [2.45, 2.75) is 19.6 Å². The van der Waals surface area contributed by atoms with E-state index in [4.69, 9.17) is 0 Å². The first kappa shape index (κ1) is 15.5. The van der Waals surface area contributed by atoms with Crippen LogP contribution >= 0.6 is 0 Å². The molecule has 3 aromatic rings. The van der Waals surface area contributed by atoms with E-state index in [1.165, 1.54) is 0 Å². The van der Waals surface area contributed by atoms with E-state index >= 15 is 0 Å². The standard InChI is InChI=1S/C19H21N3O/c1-15-6-5-7-16(12-15)19(23)14-20-13-17-10-11-22(21-17)18-8-3-2-4-9-18/h2-12,19-20,23H,13-14H2,1H3. The summed E-state index contributed by atoms with van der Waals surface area (Å²) in [4.78, 5) is 0. The van der Waals surface area contributed by atoms with E-state index in [1.54, 1.807) is 0 Å². The van der Waals surface area contributed by atoms with Crippen LogP contribution in [-0.4, -0.2) is 21.4 Å². The molecule has 0 aliphatic heterocycles. The van der Waals surface area contributed by atoms with Gasteiger partial charge in [-0.2, -0.15) is 5.10 Å². The molecule has 1 unspecified atom stereocenters. The van der Waals surface area contributed by atoms with Gasteiger partial charge in [-0.25, -0.2) is 4.68 Å². The molecule has 0 aliphatic rings. The number of hydrogen-bond donors (Lipinski definition) is 2. The van der Waals surface area contributed by atoms with E-state index in [0.29, 0.717) is 13.1 Å². The fourth-order valence-electron chi connectivity index (χ4n) is 2.51. The Labute approximate surface area is 136 Å². The molecule has 0 saturated heterocycles. The van der Waals surface area contributed by atoms with Crippen LogP contribution in [0.5, 0.6) is 0 Å². The molecule has 0 aliphatic carbocycles. The monoisotopic (exact) mass is 307 g/mol. The number of rotatable bonds is 6. The second-order valence-corrected chi connectivity index (χ2v) is 5.65. The first-order valence-corrected chi connectivity index (χ1v) is 7.78. The molecule has 0 radical (unpaired) electrons. The summed E-state index contributed by atoms with van der Waals surface area (Å²) in [5.41, 5.74) is 4.08. The van der Waals surface area contributed by atoms with Gasteiger partial charge in [0.05, 0.1) is 17.5 Å². The third kappa shape index (κ3) is 4.06. The van der Waals surface area contributed by atoms with Crippen molar-refractivity contribution in [2.75, 3.05) is 6.54 Å². The SMILES string of the molecule is Cc1cccc(C(O)CNCc2ccn(-c3ccccc3)n2)c1. The molecule has 2 aromatic carbocycles. The van der Waals surface area contributed by atoms with Crippen molar-refractivity contribution in [3.05, 3.63) is 83.7 Å². The zero-order chi connectivity index (χ0) is 16.1. The highest BCUT2D eigenvalue weighted by Gasteiger charge is 2.07. The third-order valence-corrected chi connectivity index (χ3v) is 3.74. The largest absolute Gasteiger partial charge is 0.387 e. The van der Waals surface area contributed by atoms with Crippen molar-refractivity contribution in [3.63, 3.8) is 0 Å². The normalized spacial score (nSPS) is 12.3. The van der Waals surface area contributed by atoms with Crippen molar-refractivity contribution in [1.29, 1.82) is 0 Å². The molecule has 0 spiro atoms. The summed E-state index contributed by atoms with van der Waals surface area (Å²) in [5.74, 6) is 0. The average molecular weight is 307 g/mol. The van der Waals surface area contributed by atoms with E-state index in [9.17, 15) is 5.11 Å². The highest BCUT2D eigenvalue weighted by molar-refractivity contribution is 5.30. The van der Waals surface area contributed by atoms with Crippen molar-refractivity contribution >= 4 is 0 Å². The van der Waals surface area contributed by atoms with Crippen molar-refractivity contribution in [3.8, 4) is 5.69 Å². The predicted molar refractivity (Wildman–Crippen MR) is 91.4 cm³/mol. The minimum atomic E-state index is -0.508. The topological polar surface area (TPSA) is 50.1 Å². The van der Waals surface area contributed by atoms with Gasteiger partial charge in [0.2, 0.25) is 0 Å². The van der Waals surface area contributed by atoms with Crippen LogP contribution in [0.25, 0.3) is 5.69 Å². The maximum atomic E-state index is 10.2. The molecule has 4 nitrogen and oxygen atoms in total. The molecule has 0 amide bonds. The van der Waals surface area contributed by atoms with E-state index < -0.39 is 6.10 Å². The minimum absolute atomic E-state index is 0.502. The van der Waals surface area contributed by atoms with Crippen LogP contribution in [0.1, 0.15) is 22.9 Å². The molecule has 4 heteroatoms. The Bertz CT molecular complexity index is 752. The highest BCUT2D eigenvalue weighted by atomic mass is 16.3. The maximum absolute atomic E-state index is 10.2. The van der Waals surface area contributed by atoms with Gasteiger partial charge in [-0.15, -0.1) is 0 Å². The van der Waals surface area contributed by atoms with Gasteiger partial charge in [-0.1, -0.05) is 48.0 Å². The fraction of sp³-hybridized carbons (Fsp3) is 0.211. The summed E-state index contributed by atoms with van der Waals surface area (Å²) < 4.78 is 1.86. The van der Waals surface area contributed by atoms with Gasteiger partial charge < -0.3 is 10.4 Å². The Morgan fingerprint density at radius 2 is 1.91 bits per heavy atom. The van der Waals surface area contributed by atoms with Crippen LogP contribution < -0.4 is 5.32 Å². The lowest BCUT2D eigenvalue weighted by Gasteiger charge is -2.12. The summed E-state index contributed by atoms with van der Waals surface area (Å²) in [6.45, 7) is 3.16. The van der Waals surface area contributed by atoms with Crippen molar-refractivity contribution in [1.82, 2.24) is 15.1 Å². The molecule has 3 rings (SSSR count). The molecule has 118 valence electrons. The second-order valence-electron chi connectivity index (χ2n) is 5.65. The molecule has 2 N–H and O–H groups in total. The summed E-state index contributed by atoms with van der Waals surface area (Å²) in [5, 5.41) is 18.0. The highest BCUT2D eigenvalue weighted by Crippen LogP contribution is 2.13. The zero-order valence-corrected chi connectivity index (χ0v) is 13.2. The van der Waals surface area contributed by atoms with Gasteiger partial charge in [0.15, 0.2) is 0 Å². The molecular weight excluding hydrogens is 286 g/mol. The van der Waals surface area contributed by atoms with Crippen LogP contribution in [-0.2, 0) is 6.54 Å². The fourth-order valence-corrected chi connectivity index (χ4v) is 2.51.